The first kappa shape index (κ1) is 9.45. The molecule has 1 aliphatic carbocycles. The molecule has 0 amide bonds. The average Bonchev–Trinajstić information content (AvgIpc) is 2.06. The van der Waals surface area contributed by atoms with E-state index in [1.54, 1.807) is 6.08 Å². The van der Waals surface area contributed by atoms with Gasteiger partial charge in [0, 0.05) is 5.56 Å². The first-order valence-corrected chi connectivity index (χ1v) is 3.67. The van der Waals surface area contributed by atoms with Crippen LogP contribution in [0.25, 0.3) is 0 Å². The minimum atomic E-state index is 0. The maximum absolute atomic E-state index is 11.2. The first-order valence-electron chi connectivity index (χ1n) is 3.67. The number of rotatable bonds is 0. The molecule has 1 aromatic carbocycles. The quantitative estimate of drug-likeness (QED) is 0.663. The predicted octanol–water partition coefficient (Wildman–Crippen LogP) is 2.60. The minimum absolute atomic E-state index is 0. The van der Waals surface area contributed by atoms with Crippen LogP contribution >= 0.6 is 24.0 Å². The Hall–Kier alpha value is -0.640. The number of hydrogen-bond donors (Lipinski definition) is 0. The Morgan fingerprint density at radius 3 is 2.67 bits per heavy atom. The molecule has 0 aliphatic heterocycles. The zero-order valence-corrected chi connectivity index (χ0v) is 8.82. The largest absolute Gasteiger partial charge is 0.289 e. The van der Waals surface area contributed by atoms with Crippen molar-refractivity contribution in [3.05, 3.63) is 47.5 Å². The molecule has 1 aromatic rings. The highest BCUT2D eigenvalue weighted by Gasteiger charge is 2.09. The van der Waals surface area contributed by atoms with Gasteiger partial charge in [0.2, 0.25) is 0 Å². The second kappa shape index (κ2) is 3.85. The Balaban J connectivity index is 0.000000720. The van der Waals surface area contributed by atoms with Crippen LogP contribution in [0.15, 0.2) is 36.4 Å². The van der Waals surface area contributed by atoms with Crippen LogP contribution in [0.4, 0.5) is 0 Å². The van der Waals surface area contributed by atoms with Crippen LogP contribution in [0.3, 0.4) is 0 Å². The van der Waals surface area contributed by atoms with Crippen LogP contribution in [-0.2, 0) is 6.42 Å². The van der Waals surface area contributed by atoms with Gasteiger partial charge in [-0.1, -0.05) is 30.3 Å². The van der Waals surface area contributed by atoms with Crippen molar-refractivity contribution < 1.29 is 4.79 Å². The van der Waals surface area contributed by atoms with E-state index in [0.29, 0.717) is 0 Å². The normalized spacial score (nSPS) is 13.5. The number of ketones is 1. The standard InChI is InChI=1S/C10H8O.HI/c11-10-7-3-5-8-4-1-2-6-9(8)10;/h1-4,6-7H,5H2;1H. The van der Waals surface area contributed by atoms with Crippen LogP contribution in [0.2, 0.25) is 0 Å². The molecule has 62 valence electrons. The smallest absolute Gasteiger partial charge is 0.185 e. The molecule has 0 spiro atoms. The van der Waals surface area contributed by atoms with E-state index >= 15 is 0 Å². The van der Waals surface area contributed by atoms with E-state index < -0.39 is 0 Å². The van der Waals surface area contributed by atoms with E-state index in [4.69, 9.17) is 0 Å². The number of benzene rings is 1. The summed E-state index contributed by atoms with van der Waals surface area (Å²) in [6.45, 7) is 0. The number of halogens is 1. The Kier molecular flexibility index (Phi) is 3.03. The zero-order chi connectivity index (χ0) is 7.68. The molecule has 0 aromatic heterocycles. The molecule has 0 fully saturated rings. The van der Waals surface area contributed by atoms with Gasteiger partial charge in [0.05, 0.1) is 0 Å². The van der Waals surface area contributed by atoms with E-state index in [2.05, 4.69) is 0 Å². The van der Waals surface area contributed by atoms with Gasteiger partial charge < -0.3 is 0 Å². The molecule has 12 heavy (non-hydrogen) atoms. The molecule has 1 nitrogen and oxygen atoms in total. The average molecular weight is 272 g/mol. The summed E-state index contributed by atoms with van der Waals surface area (Å²) in [4.78, 5) is 11.2. The second-order valence-electron chi connectivity index (χ2n) is 2.63. The van der Waals surface area contributed by atoms with Crippen molar-refractivity contribution in [2.24, 2.45) is 0 Å². The van der Waals surface area contributed by atoms with E-state index in [1.807, 2.05) is 30.3 Å². The van der Waals surface area contributed by atoms with Crippen molar-refractivity contribution in [1.29, 1.82) is 0 Å². The Morgan fingerprint density at radius 1 is 1.17 bits per heavy atom. The third-order valence-corrected chi connectivity index (χ3v) is 1.89. The number of carbonyl (C=O) groups is 1. The highest BCUT2D eigenvalue weighted by Crippen LogP contribution is 2.15. The lowest BCUT2D eigenvalue weighted by Gasteiger charge is -2.07. The SMILES string of the molecule is I.O=C1C=CCc2ccccc21. The Bertz CT molecular complexity index is 328. The van der Waals surface area contributed by atoms with Crippen LogP contribution in [0.1, 0.15) is 15.9 Å². The molecule has 0 heterocycles. The molecular weight excluding hydrogens is 263 g/mol. The summed E-state index contributed by atoms with van der Waals surface area (Å²) in [6.07, 6.45) is 4.44. The van der Waals surface area contributed by atoms with Crippen molar-refractivity contribution in [3.63, 3.8) is 0 Å². The third-order valence-electron chi connectivity index (χ3n) is 1.89. The minimum Gasteiger partial charge on any atom is -0.289 e. The number of allylic oxidation sites excluding steroid dienone is 2. The lowest BCUT2D eigenvalue weighted by Crippen LogP contribution is -2.04. The number of hydrogen-bond acceptors (Lipinski definition) is 1. The van der Waals surface area contributed by atoms with Gasteiger partial charge in [0.1, 0.15) is 0 Å². The summed E-state index contributed by atoms with van der Waals surface area (Å²) in [5, 5.41) is 0. The molecule has 0 N–H and O–H groups in total. The summed E-state index contributed by atoms with van der Waals surface area (Å²) in [5.41, 5.74) is 2.00. The summed E-state index contributed by atoms with van der Waals surface area (Å²) >= 11 is 0. The van der Waals surface area contributed by atoms with Gasteiger partial charge in [-0.3, -0.25) is 4.79 Å². The molecule has 1 aliphatic rings. The van der Waals surface area contributed by atoms with Crippen molar-refractivity contribution in [3.8, 4) is 0 Å². The van der Waals surface area contributed by atoms with Crippen molar-refractivity contribution in [2.75, 3.05) is 0 Å². The molecule has 2 rings (SSSR count). The van der Waals surface area contributed by atoms with Gasteiger partial charge >= 0.3 is 0 Å². The predicted molar refractivity (Wildman–Crippen MR) is 59.0 cm³/mol. The summed E-state index contributed by atoms with van der Waals surface area (Å²) < 4.78 is 0. The first-order chi connectivity index (χ1) is 5.38. The maximum Gasteiger partial charge on any atom is 0.185 e. The molecule has 0 bridgehead atoms. The Labute approximate surface area is 88.5 Å². The third kappa shape index (κ3) is 1.58. The number of fused-ring (bicyclic) bond motifs is 1. The number of carbonyl (C=O) groups excluding carboxylic acids is 1. The van der Waals surface area contributed by atoms with Gasteiger partial charge in [-0.15, -0.1) is 24.0 Å². The van der Waals surface area contributed by atoms with E-state index in [9.17, 15) is 4.79 Å². The zero-order valence-electron chi connectivity index (χ0n) is 6.49. The highest BCUT2D eigenvalue weighted by atomic mass is 127. The van der Waals surface area contributed by atoms with Crippen LogP contribution in [0, 0.1) is 0 Å². The fraction of sp³-hybridized carbons (Fsp3) is 0.100. The van der Waals surface area contributed by atoms with E-state index in [1.165, 1.54) is 0 Å². The molecule has 2 heteroatoms. The second-order valence-corrected chi connectivity index (χ2v) is 2.63. The maximum atomic E-state index is 11.2. The molecule has 0 unspecified atom stereocenters. The van der Waals surface area contributed by atoms with Crippen molar-refractivity contribution in [2.45, 2.75) is 6.42 Å². The van der Waals surface area contributed by atoms with Gasteiger partial charge in [-0.05, 0) is 18.1 Å². The van der Waals surface area contributed by atoms with Crippen LogP contribution in [0.5, 0.6) is 0 Å². The molecule has 0 radical (unpaired) electrons. The summed E-state index contributed by atoms with van der Waals surface area (Å²) in [7, 11) is 0. The van der Waals surface area contributed by atoms with E-state index in [0.717, 1.165) is 17.5 Å². The summed E-state index contributed by atoms with van der Waals surface area (Å²) in [5.74, 6) is 0.131. The lowest BCUT2D eigenvalue weighted by molar-refractivity contribution is 0.104. The van der Waals surface area contributed by atoms with Gasteiger partial charge in [-0.2, -0.15) is 0 Å². The molecule has 0 saturated carbocycles. The van der Waals surface area contributed by atoms with Gasteiger partial charge in [-0.25, -0.2) is 0 Å². The molecular formula is C10H9IO. The monoisotopic (exact) mass is 272 g/mol. The fourth-order valence-corrected chi connectivity index (χ4v) is 1.32. The molecule has 0 atom stereocenters. The van der Waals surface area contributed by atoms with Crippen molar-refractivity contribution >= 4 is 29.8 Å². The lowest BCUT2D eigenvalue weighted by atomic mass is 9.96. The van der Waals surface area contributed by atoms with Crippen molar-refractivity contribution in [1.82, 2.24) is 0 Å². The van der Waals surface area contributed by atoms with Crippen LogP contribution < -0.4 is 0 Å². The van der Waals surface area contributed by atoms with Crippen LogP contribution in [-0.4, -0.2) is 5.78 Å². The molecule has 0 saturated heterocycles. The van der Waals surface area contributed by atoms with Gasteiger partial charge in [0.25, 0.3) is 0 Å². The fourth-order valence-electron chi connectivity index (χ4n) is 1.32. The van der Waals surface area contributed by atoms with Gasteiger partial charge in [0.15, 0.2) is 5.78 Å². The summed E-state index contributed by atoms with van der Waals surface area (Å²) in [6, 6.07) is 7.74. The topological polar surface area (TPSA) is 17.1 Å². The van der Waals surface area contributed by atoms with E-state index in [-0.39, 0.29) is 29.8 Å². The highest BCUT2D eigenvalue weighted by molar-refractivity contribution is 14.0. The Morgan fingerprint density at radius 2 is 1.92 bits per heavy atom.